The summed E-state index contributed by atoms with van der Waals surface area (Å²) in [5.41, 5.74) is 1.43. The van der Waals surface area contributed by atoms with Gasteiger partial charge in [0.25, 0.3) is 5.69 Å². The van der Waals surface area contributed by atoms with E-state index in [0.717, 1.165) is 0 Å². The van der Waals surface area contributed by atoms with Gasteiger partial charge < -0.3 is 9.47 Å². The molecule has 4 rings (SSSR count). The van der Waals surface area contributed by atoms with Gasteiger partial charge >= 0.3 is 11.9 Å². The molecule has 174 valence electrons. The largest absolute Gasteiger partial charge is 0.423 e. The number of carbonyl (C=O) groups excluding carboxylic acids is 2. The van der Waals surface area contributed by atoms with Crippen LogP contribution in [0.3, 0.4) is 0 Å². The predicted molar refractivity (Wildman–Crippen MR) is 134 cm³/mol. The molecule has 0 spiro atoms. The highest BCUT2D eigenvalue weighted by molar-refractivity contribution is 9.10. The molecular weight excluding hydrogens is 540 g/mol. The summed E-state index contributed by atoms with van der Waals surface area (Å²) in [5, 5.41) is 11.1. The van der Waals surface area contributed by atoms with Gasteiger partial charge in [-0.2, -0.15) is 0 Å². The van der Waals surface area contributed by atoms with Crippen molar-refractivity contribution < 1.29 is 24.0 Å². The van der Waals surface area contributed by atoms with Crippen LogP contribution in [-0.2, 0) is 14.3 Å². The van der Waals surface area contributed by atoms with E-state index in [1.54, 1.807) is 42.5 Å². The van der Waals surface area contributed by atoms with Crippen molar-refractivity contribution in [2.24, 2.45) is 4.99 Å². The maximum atomic E-state index is 12.4. The average molecular weight is 554 g/mol. The van der Waals surface area contributed by atoms with Crippen LogP contribution in [0.2, 0.25) is 5.02 Å². The number of carbonyl (C=O) groups is 2. The van der Waals surface area contributed by atoms with Gasteiger partial charge in [0, 0.05) is 28.2 Å². The summed E-state index contributed by atoms with van der Waals surface area (Å²) in [6.45, 7) is 0. The molecule has 0 atom stereocenters. The number of cyclic esters (lactones) is 1. The Morgan fingerprint density at radius 2 is 1.86 bits per heavy atom. The molecule has 0 fully saturated rings. The highest BCUT2D eigenvalue weighted by Gasteiger charge is 2.26. The second-order valence-electron chi connectivity index (χ2n) is 7.10. The van der Waals surface area contributed by atoms with E-state index >= 15 is 0 Å². The van der Waals surface area contributed by atoms with Crippen LogP contribution < -0.4 is 4.74 Å². The van der Waals surface area contributed by atoms with Gasteiger partial charge in [-0.25, -0.2) is 14.6 Å². The van der Waals surface area contributed by atoms with Crippen LogP contribution in [0.15, 0.2) is 88.0 Å². The summed E-state index contributed by atoms with van der Waals surface area (Å²) in [5.74, 6) is -1.09. The minimum Gasteiger partial charge on any atom is -0.423 e. The lowest BCUT2D eigenvalue weighted by molar-refractivity contribution is -0.384. The van der Waals surface area contributed by atoms with Crippen LogP contribution in [0.4, 0.5) is 5.69 Å². The number of aliphatic imine (C=N–C) groups is 1. The second kappa shape index (κ2) is 10.5. The SMILES string of the molecule is O=C(/C=C/c1ccc([N+](=O)[O-])cc1)Oc1ccc(Br)cc1/C=C1\N=C(c2ccccc2Cl)OC1=O. The fourth-order valence-electron chi connectivity index (χ4n) is 3.05. The molecule has 0 aliphatic carbocycles. The zero-order valence-corrected chi connectivity index (χ0v) is 20.0. The summed E-state index contributed by atoms with van der Waals surface area (Å²) in [4.78, 5) is 39.3. The Morgan fingerprint density at radius 3 is 2.57 bits per heavy atom. The molecule has 1 aliphatic heterocycles. The molecule has 10 heteroatoms. The molecular formula is C25H14BrClN2O6. The summed E-state index contributed by atoms with van der Waals surface area (Å²) in [7, 11) is 0. The van der Waals surface area contributed by atoms with Crippen molar-refractivity contribution in [3.8, 4) is 5.75 Å². The average Bonchev–Trinajstić information content (AvgIpc) is 3.19. The Morgan fingerprint density at radius 1 is 1.11 bits per heavy atom. The van der Waals surface area contributed by atoms with E-state index in [2.05, 4.69) is 20.9 Å². The molecule has 0 N–H and O–H groups in total. The molecule has 1 heterocycles. The normalized spacial score (nSPS) is 14.2. The first-order valence-electron chi connectivity index (χ1n) is 10.0. The van der Waals surface area contributed by atoms with Crippen LogP contribution >= 0.6 is 27.5 Å². The molecule has 0 aromatic heterocycles. The van der Waals surface area contributed by atoms with Crippen molar-refractivity contribution in [1.29, 1.82) is 0 Å². The van der Waals surface area contributed by atoms with Crippen LogP contribution in [0.1, 0.15) is 16.7 Å². The lowest BCUT2D eigenvalue weighted by Crippen LogP contribution is -2.06. The predicted octanol–water partition coefficient (Wildman–Crippen LogP) is 5.97. The lowest BCUT2D eigenvalue weighted by Gasteiger charge is -2.06. The number of nitrogens with zero attached hydrogens (tertiary/aromatic N) is 2. The molecule has 35 heavy (non-hydrogen) atoms. The van der Waals surface area contributed by atoms with E-state index in [1.807, 2.05) is 0 Å². The van der Waals surface area contributed by atoms with E-state index in [4.69, 9.17) is 21.1 Å². The Bertz CT molecular complexity index is 1430. The van der Waals surface area contributed by atoms with Crippen molar-refractivity contribution in [3.63, 3.8) is 0 Å². The number of halogens is 2. The van der Waals surface area contributed by atoms with E-state index < -0.39 is 16.9 Å². The van der Waals surface area contributed by atoms with Gasteiger partial charge in [-0.3, -0.25) is 10.1 Å². The highest BCUT2D eigenvalue weighted by Crippen LogP contribution is 2.29. The number of non-ortho nitro benzene ring substituents is 1. The Balaban J connectivity index is 1.56. The zero-order chi connectivity index (χ0) is 24.9. The Kier molecular flexibility index (Phi) is 7.19. The van der Waals surface area contributed by atoms with Crippen LogP contribution in [0.5, 0.6) is 5.75 Å². The molecule has 3 aromatic carbocycles. The summed E-state index contributed by atoms with van der Waals surface area (Å²) >= 11 is 9.53. The maximum absolute atomic E-state index is 12.4. The topological polar surface area (TPSA) is 108 Å². The van der Waals surface area contributed by atoms with Gasteiger partial charge in [0.05, 0.1) is 15.5 Å². The van der Waals surface area contributed by atoms with Crippen LogP contribution in [0, 0.1) is 10.1 Å². The molecule has 1 aliphatic rings. The summed E-state index contributed by atoms with van der Waals surface area (Å²) in [6.07, 6.45) is 4.11. The standard InChI is InChI=1S/C25H14BrClN2O6/c26-17-8-11-22(34-23(30)12-7-15-5-9-18(10-6-15)29(32)33)16(13-17)14-21-25(31)35-24(28-21)19-3-1-2-4-20(19)27/h1-14H/b12-7+,21-14-. The second-order valence-corrected chi connectivity index (χ2v) is 8.42. The third-order valence-corrected chi connectivity index (χ3v) is 5.54. The van der Waals surface area contributed by atoms with Crippen molar-refractivity contribution in [3.05, 3.63) is 115 Å². The van der Waals surface area contributed by atoms with E-state index in [9.17, 15) is 19.7 Å². The maximum Gasteiger partial charge on any atom is 0.363 e. The lowest BCUT2D eigenvalue weighted by atomic mass is 10.1. The zero-order valence-electron chi connectivity index (χ0n) is 17.7. The van der Waals surface area contributed by atoms with Crippen LogP contribution in [0.25, 0.3) is 12.2 Å². The fraction of sp³-hybridized carbons (Fsp3) is 0. The van der Waals surface area contributed by atoms with Crippen molar-refractivity contribution in [2.45, 2.75) is 0 Å². The molecule has 0 bridgehead atoms. The van der Waals surface area contributed by atoms with Gasteiger partial charge in [-0.15, -0.1) is 0 Å². The fourth-order valence-corrected chi connectivity index (χ4v) is 3.64. The number of ether oxygens (including phenoxy) is 2. The Labute approximate surface area is 212 Å². The van der Waals surface area contributed by atoms with Crippen molar-refractivity contribution in [2.75, 3.05) is 0 Å². The number of esters is 2. The Hall–Kier alpha value is -4.08. The monoisotopic (exact) mass is 552 g/mol. The molecule has 8 nitrogen and oxygen atoms in total. The molecule has 0 radical (unpaired) electrons. The van der Waals surface area contributed by atoms with Crippen molar-refractivity contribution >= 4 is 63.2 Å². The quantitative estimate of drug-likeness (QED) is 0.122. The number of rotatable bonds is 6. The van der Waals surface area contributed by atoms with E-state index in [-0.39, 0.29) is 23.0 Å². The van der Waals surface area contributed by atoms with Crippen LogP contribution in [-0.4, -0.2) is 22.8 Å². The first kappa shape index (κ1) is 24.1. The third-order valence-electron chi connectivity index (χ3n) is 4.72. The molecule has 0 amide bonds. The van der Waals surface area contributed by atoms with Gasteiger partial charge in [0.15, 0.2) is 5.70 Å². The van der Waals surface area contributed by atoms with Crippen molar-refractivity contribution in [1.82, 2.24) is 0 Å². The molecule has 3 aromatic rings. The number of nitro benzene ring substituents is 1. The number of hydrogen-bond donors (Lipinski definition) is 0. The van der Waals surface area contributed by atoms with Gasteiger partial charge in [-0.1, -0.05) is 39.7 Å². The summed E-state index contributed by atoms with van der Waals surface area (Å²) in [6, 6.07) is 17.4. The molecule has 0 saturated heterocycles. The number of hydrogen-bond acceptors (Lipinski definition) is 7. The summed E-state index contributed by atoms with van der Waals surface area (Å²) < 4.78 is 11.4. The minimum absolute atomic E-state index is 0.0109. The van der Waals surface area contributed by atoms with Gasteiger partial charge in [-0.05, 0) is 60.2 Å². The first-order valence-corrected chi connectivity index (χ1v) is 11.2. The molecule has 0 saturated carbocycles. The van der Waals surface area contributed by atoms with Gasteiger partial charge in [0.1, 0.15) is 5.75 Å². The molecule has 0 unspecified atom stereocenters. The highest BCUT2D eigenvalue weighted by atomic mass is 79.9. The number of benzene rings is 3. The number of nitro groups is 1. The smallest absolute Gasteiger partial charge is 0.363 e. The minimum atomic E-state index is -0.681. The van der Waals surface area contributed by atoms with E-state index in [1.165, 1.54) is 42.5 Å². The third kappa shape index (κ3) is 5.89. The first-order chi connectivity index (χ1) is 16.8. The van der Waals surface area contributed by atoms with E-state index in [0.29, 0.717) is 26.2 Å². The van der Waals surface area contributed by atoms with Gasteiger partial charge in [0.2, 0.25) is 5.90 Å².